The van der Waals surface area contributed by atoms with Crippen molar-refractivity contribution in [1.29, 1.82) is 0 Å². The second-order valence-corrected chi connectivity index (χ2v) is 4.61. The summed E-state index contributed by atoms with van der Waals surface area (Å²) in [6, 6.07) is 7.65. The minimum Gasteiger partial charge on any atom is -0.497 e. The zero-order valence-electron chi connectivity index (χ0n) is 11.6. The predicted octanol–water partition coefficient (Wildman–Crippen LogP) is 3.02. The zero-order chi connectivity index (χ0) is 14.2. The normalized spacial score (nSPS) is 20.3. The molecule has 2 rings (SSSR count). The summed E-state index contributed by atoms with van der Waals surface area (Å²) in [5, 5.41) is 10.1. The Balaban J connectivity index is 2.26. The first-order chi connectivity index (χ1) is 9.79. The Kier molecular flexibility index (Phi) is 5.30. The van der Waals surface area contributed by atoms with Gasteiger partial charge in [0.2, 0.25) is 0 Å². The zero-order valence-corrected chi connectivity index (χ0v) is 11.6. The molecule has 1 aromatic rings. The van der Waals surface area contributed by atoms with Crippen LogP contribution in [0.15, 0.2) is 29.8 Å². The number of ether oxygens (including phenoxy) is 1. The molecule has 0 aliphatic heterocycles. The van der Waals surface area contributed by atoms with E-state index in [1.165, 1.54) is 0 Å². The summed E-state index contributed by atoms with van der Waals surface area (Å²) in [7, 11) is 1.64. The molecule has 0 bridgehead atoms. The lowest BCUT2D eigenvalue weighted by atomic mass is 10.0. The van der Waals surface area contributed by atoms with E-state index in [2.05, 4.69) is 23.7 Å². The lowest BCUT2D eigenvalue weighted by molar-refractivity contribution is 0.274. The van der Waals surface area contributed by atoms with Crippen LogP contribution in [-0.4, -0.2) is 18.3 Å². The van der Waals surface area contributed by atoms with Crippen LogP contribution in [0, 0.1) is 23.7 Å². The largest absolute Gasteiger partial charge is 0.497 e. The summed E-state index contributed by atoms with van der Waals surface area (Å²) in [6.07, 6.45) is 4.87. The summed E-state index contributed by atoms with van der Waals surface area (Å²) in [6.45, 7) is 0. The minimum absolute atomic E-state index is 0.657. The first-order valence-corrected chi connectivity index (χ1v) is 6.80. The van der Waals surface area contributed by atoms with E-state index >= 15 is 0 Å². The SMILES string of the molecule is COc1ccc(C=C2C#CCCCCC#CC2O)cc1. The third-order valence-corrected chi connectivity index (χ3v) is 3.06. The van der Waals surface area contributed by atoms with Gasteiger partial charge in [-0.2, -0.15) is 0 Å². The van der Waals surface area contributed by atoms with E-state index in [1.807, 2.05) is 30.3 Å². The molecule has 2 heteroatoms. The van der Waals surface area contributed by atoms with Crippen LogP contribution in [0.2, 0.25) is 0 Å². The molecule has 0 radical (unpaired) electrons. The van der Waals surface area contributed by atoms with Crippen molar-refractivity contribution in [3.63, 3.8) is 0 Å². The molecule has 1 N–H and O–H groups in total. The summed E-state index contributed by atoms with van der Waals surface area (Å²) >= 11 is 0. The van der Waals surface area contributed by atoms with Gasteiger partial charge >= 0.3 is 0 Å². The topological polar surface area (TPSA) is 29.5 Å². The molecular weight excluding hydrogens is 248 g/mol. The fourth-order valence-corrected chi connectivity index (χ4v) is 1.90. The predicted molar refractivity (Wildman–Crippen MR) is 81.0 cm³/mol. The average Bonchev–Trinajstić information content (AvgIpc) is 2.49. The molecular formula is C18H18O2. The van der Waals surface area contributed by atoms with Gasteiger partial charge in [0.15, 0.2) is 0 Å². The Morgan fingerprint density at radius 2 is 1.85 bits per heavy atom. The van der Waals surface area contributed by atoms with E-state index in [-0.39, 0.29) is 0 Å². The van der Waals surface area contributed by atoms with Crippen LogP contribution in [-0.2, 0) is 0 Å². The Labute approximate surface area is 120 Å². The maximum Gasteiger partial charge on any atom is 0.147 e. The number of rotatable bonds is 2. The van der Waals surface area contributed by atoms with E-state index in [0.717, 1.165) is 37.0 Å². The van der Waals surface area contributed by atoms with Gasteiger partial charge in [-0.25, -0.2) is 0 Å². The maximum atomic E-state index is 10.1. The fraction of sp³-hybridized carbons (Fsp3) is 0.333. The molecule has 2 nitrogen and oxygen atoms in total. The first-order valence-electron chi connectivity index (χ1n) is 6.80. The van der Waals surface area contributed by atoms with Gasteiger partial charge < -0.3 is 9.84 Å². The Bertz CT molecular complexity index is 588. The van der Waals surface area contributed by atoms with E-state index in [0.29, 0.717) is 5.57 Å². The smallest absolute Gasteiger partial charge is 0.147 e. The van der Waals surface area contributed by atoms with Gasteiger partial charge in [0.05, 0.1) is 7.11 Å². The lowest BCUT2D eigenvalue weighted by Crippen LogP contribution is -2.06. The molecule has 1 aliphatic rings. The van der Waals surface area contributed by atoms with Crippen molar-refractivity contribution < 1.29 is 9.84 Å². The minimum atomic E-state index is -0.803. The van der Waals surface area contributed by atoms with Crippen LogP contribution in [0.4, 0.5) is 0 Å². The van der Waals surface area contributed by atoms with Crippen LogP contribution in [0.5, 0.6) is 5.75 Å². The molecule has 0 spiro atoms. The molecule has 20 heavy (non-hydrogen) atoms. The van der Waals surface area contributed by atoms with Crippen molar-refractivity contribution in [3.05, 3.63) is 35.4 Å². The molecule has 1 aliphatic carbocycles. The number of hydrogen-bond donors (Lipinski definition) is 1. The molecule has 1 aromatic carbocycles. The van der Waals surface area contributed by atoms with E-state index in [9.17, 15) is 5.11 Å². The summed E-state index contributed by atoms with van der Waals surface area (Å²) in [5.74, 6) is 12.8. The Hall–Kier alpha value is -2.16. The Morgan fingerprint density at radius 3 is 2.55 bits per heavy atom. The van der Waals surface area contributed by atoms with Crippen LogP contribution in [0.3, 0.4) is 0 Å². The highest BCUT2D eigenvalue weighted by Gasteiger charge is 2.06. The fourth-order valence-electron chi connectivity index (χ4n) is 1.90. The van der Waals surface area contributed by atoms with Crippen LogP contribution >= 0.6 is 0 Å². The van der Waals surface area contributed by atoms with Crippen molar-refractivity contribution in [1.82, 2.24) is 0 Å². The molecule has 102 valence electrons. The van der Waals surface area contributed by atoms with E-state index in [4.69, 9.17) is 4.74 Å². The molecule has 0 saturated heterocycles. The molecule has 0 heterocycles. The third-order valence-electron chi connectivity index (χ3n) is 3.06. The Morgan fingerprint density at radius 1 is 1.15 bits per heavy atom. The molecule has 0 saturated carbocycles. The van der Waals surface area contributed by atoms with Crippen molar-refractivity contribution in [2.45, 2.75) is 31.8 Å². The van der Waals surface area contributed by atoms with Crippen molar-refractivity contribution in [2.75, 3.05) is 7.11 Å². The second kappa shape index (κ2) is 7.43. The third kappa shape index (κ3) is 4.19. The summed E-state index contributed by atoms with van der Waals surface area (Å²) in [4.78, 5) is 0. The van der Waals surface area contributed by atoms with Gasteiger partial charge in [-0.15, -0.1) is 5.92 Å². The number of aliphatic hydroxyl groups is 1. The standard InChI is InChI=1S/C18H18O2/c1-20-17-12-10-15(11-13-17)14-16-8-6-4-2-3-5-7-9-18(16)19/h10-14,18-19H,2-5H2,1H3. The highest BCUT2D eigenvalue weighted by Crippen LogP contribution is 2.15. The van der Waals surface area contributed by atoms with Crippen molar-refractivity contribution in [2.24, 2.45) is 0 Å². The second-order valence-electron chi connectivity index (χ2n) is 4.61. The number of benzene rings is 1. The molecule has 1 unspecified atom stereocenters. The summed E-state index contributed by atoms with van der Waals surface area (Å²) in [5.41, 5.74) is 1.64. The van der Waals surface area contributed by atoms with Gasteiger partial charge in [0.25, 0.3) is 0 Å². The van der Waals surface area contributed by atoms with Gasteiger partial charge in [0, 0.05) is 18.4 Å². The average molecular weight is 266 g/mol. The van der Waals surface area contributed by atoms with Gasteiger partial charge in [-0.3, -0.25) is 0 Å². The highest BCUT2D eigenvalue weighted by atomic mass is 16.5. The lowest BCUT2D eigenvalue weighted by Gasteiger charge is -2.05. The van der Waals surface area contributed by atoms with Crippen molar-refractivity contribution in [3.8, 4) is 29.4 Å². The molecule has 0 fully saturated rings. The van der Waals surface area contributed by atoms with E-state index < -0.39 is 6.10 Å². The van der Waals surface area contributed by atoms with Crippen LogP contribution < -0.4 is 4.74 Å². The first kappa shape index (κ1) is 14.3. The van der Waals surface area contributed by atoms with Crippen LogP contribution in [0.25, 0.3) is 6.08 Å². The maximum absolute atomic E-state index is 10.1. The quantitative estimate of drug-likeness (QED) is 0.834. The molecule has 1 atom stereocenters. The van der Waals surface area contributed by atoms with Crippen LogP contribution in [0.1, 0.15) is 31.2 Å². The van der Waals surface area contributed by atoms with Gasteiger partial charge in [0.1, 0.15) is 11.9 Å². The molecule has 0 aromatic heterocycles. The highest BCUT2D eigenvalue weighted by molar-refractivity contribution is 5.61. The van der Waals surface area contributed by atoms with Gasteiger partial charge in [-0.1, -0.05) is 29.9 Å². The number of aliphatic hydroxyl groups excluding tert-OH is 1. The number of methoxy groups -OCH3 is 1. The van der Waals surface area contributed by atoms with Crippen molar-refractivity contribution >= 4 is 6.08 Å². The number of hydrogen-bond acceptors (Lipinski definition) is 2. The molecule has 0 amide bonds. The van der Waals surface area contributed by atoms with Gasteiger partial charge in [-0.05, 0) is 36.6 Å². The summed E-state index contributed by atoms with van der Waals surface area (Å²) < 4.78 is 5.13. The van der Waals surface area contributed by atoms with E-state index in [1.54, 1.807) is 7.11 Å². The monoisotopic (exact) mass is 266 g/mol.